The quantitative estimate of drug-likeness (QED) is 0.778. The van der Waals surface area contributed by atoms with Gasteiger partial charge in [0.15, 0.2) is 0 Å². The van der Waals surface area contributed by atoms with Gasteiger partial charge in [-0.05, 0) is 38.7 Å². The molecule has 0 saturated carbocycles. The molecule has 2 N–H and O–H groups in total. The Hall–Kier alpha value is -1.73. The lowest BCUT2D eigenvalue weighted by Gasteiger charge is -2.23. The van der Waals surface area contributed by atoms with E-state index in [1.807, 2.05) is 12.1 Å². The summed E-state index contributed by atoms with van der Waals surface area (Å²) in [5.74, 6) is 0. The molecule has 4 nitrogen and oxygen atoms in total. The zero-order chi connectivity index (χ0) is 12.4. The van der Waals surface area contributed by atoms with Gasteiger partial charge in [-0.15, -0.1) is 0 Å². The van der Waals surface area contributed by atoms with Gasteiger partial charge in [0.05, 0.1) is 23.0 Å². The molecule has 0 amide bonds. The fourth-order valence-corrected chi connectivity index (χ4v) is 2.27. The number of hydrogen-bond donors (Lipinski definition) is 1. The first kappa shape index (κ1) is 11.7. The Morgan fingerprint density at radius 2 is 2.24 bits per heavy atom. The molecule has 0 aromatic heterocycles. The summed E-state index contributed by atoms with van der Waals surface area (Å²) in [6.45, 7) is 1.98. The van der Waals surface area contributed by atoms with Crippen molar-refractivity contribution in [3.05, 3.63) is 23.8 Å². The predicted molar refractivity (Wildman–Crippen MR) is 69.9 cm³/mol. The Kier molecular flexibility index (Phi) is 3.21. The van der Waals surface area contributed by atoms with E-state index in [1.54, 1.807) is 6.07 Å². The van der Waals surface area contributed by atoms with E-state index in [0.29, 0.717) is 11.6 Å². The van der Waals surface area contributed by atoms with Gasteiger partial charge in [-0.3, -0.25) is 0 Å². The fraction of sp³-hybridized carbons (Fsp3) is 0.462. The van der Waals surface area contributed by atoms with Gasteiger partial charge < -0.3 is 15.5 Å². The topological polar surface area (TPSA) is 56.3 Å². The predicted octanol–water partition coefficient (Wildman–Crippen LogP) is 1.28. The molecule has 1 aliphatic heterocycles. The number of nitrogens with two attached hydrogens (primary N) is 1. The van der Waals surface area contributed by atoms with Gasteiger partial charge in [0, 0.05) is 19.1 Å². The van der Waals surface area contributed by atoms with Crippen molar-refractivity contribution in [1.82, 2.24) is 4.90 Å². The van der Waals surface area contributed by atoms with Crippen molar-refractivity contribution in [2.24, 2.45) is 0 Å². The SMILES string of the molecule is CN(C)C1CCN(c2cc(C#N)ccc2N)C1. The first-order chi connectivity index (χ1) is 8.11. The molecule has 1 fully saturated rings. The Morgan fingerprint density at radius 1 is 1.47 bits per heavy atom. The van der Waals surface area contributed by atoms with Crippen LogP contribution in [0.3, 0.4) is 0 Å². The van der Waals surface area contributed by atoms with E-state index in [1.165, 1.54) is 0 Å². The fourth-order valence-electron chi connectivity index (χ4n) is 2.27. The summed E-state index contributed by atoms with van der Waals surface area (Å²) in [6.07, 6.45) is 1.14. The van der Waals surface area contributed by atoms with Crippen molar-refractivity contribution in [2.45, 2.75) is 12.5 Å². The lowest BCUT2D eigenvalue weighted by atomic mass is 10.2. The standard InChI is InChI=1S/C13H18N4/c1-16(2)11-5-6-17(9-11)13-7-10(8-14)3-4-12(13)15/h3-4,7,11H,5-6,9,15H2,1-2H3. The molecule has 0 spiro atoms. The summed E-state index contributed by atoms with van der Waals surface area (Å²) >= 11 is 0. The Bertz CT molecular complexity index is 447. The van der Waals surface area contributed by atoms with E-state index in [9.17, 15) is 0 Å². The average Bonchev–Trinajstić information content (AvgIpc) is 2.79. The molecule has 1 aliphatic rings. The Labute approximate surface area is 102 Å². The van der Waals surface area contributed by atoms with Crippen molar-refractivity contribution in [1.29, 1.82) is 5.26 Å². The molecule has 0 bridgehead atoms. The lowest BCUT2D eigenvalue weighted by Crippen LogP contribution is -2.31. The number of rotatable bonds is 2. The molecule has 1 aromatic carbocycles. The van der Waals surface area contributed by atoms with Crippen LogP contribution in [0, 0.1) is 11.3 Å². The largest absolute Gasteiger partial charge is 0.397 e. The van der Waals surface area contributed by atoms with Crippen molar-refractivity contribution >= 4 is 11.4 Å². The van der Waals surface area contributed by atoms with Gasteiger partial charge >= 0.3 is 0 Å². The van der Waals surface area contributed by atoms with Gasteiger partial charge in [0.2, 0.25) is 0 Å². The van der Waals surface area contributed by atoms with Gasteiger partial charge in [-0.25, -0.2) is 0 Å². The van der Waals surface area contributed by atoms with E-state index in [-0.39, 0.29) is 0 Å². The first-order valence-electron chi connectivity index (χ1n) is 5.83. The highest BCUT2D eigenvalue weighted by molar-refractivity contribution is 5.70. The van der Waals surface area contributed by atoms with Crippen molar-refractivity contribution in [3.8, 4) is 6.07 Å². The zero-order valence-corrected chi connectivity index (χ0v) is 10.3. The van der Waals surface area contributed by atoms with Crippen LogP contribution in [0.1, 0.15) is 12.0 Å². The molecule has 17 heavy (non-hydrogen) atoms. The van der Waals surface area contributed by atoms with Crippen LogP contribution in [0.25, 0.3) is 0 Å². The van der Waals surface area contributed by atoms with Gasteiger partial charge in [-0.2, -0.15) is 5.26 Å². The van der Waals surface area contributed by atoms with Gasteiger partial charge in [0.25, 0.3) is 0 Å². The number of hydrogen-bond acceptors (Lipinski definition) is 4. The van der Waals surface area contributed by atoms with Crippen molar-refractivity contribution < 1.29 is 0 Å². The smallest absolute Gasteiger partial charge is 0.0992 e. The lowest BCUT2D eigenvalue weighted by molar-refractivity contribution is 0.315. The van der Waals surface area contributed by atoms with Crippen LogP contribution in [0.15, 0.2) is 18.2 Å². The molecule has 1 atom stereocenters. The second-order valence-electron chi connectivity index (χ2n) is 4.74. The number of nitriles is 1. The summed E-state index contributed by atoms with van der Waals surface area (Å²) in [4.78, 5) is 4.51. The minimum atomic E-state index is 0.570. The normalized spacial score (nSPS) is 19.6. The molecular weight excluding hydrogens is 212 g/mol. The average molecular weight is 230 g/mol. The minimum Gasteiger partial charge on any atom is -0.397 e. The molecule has 1 saturated heterocycles. The third kappa shape index (κ3) is 2.34. The highest BCUT2D eigenvalue weighted by atomic mass is 15.2. The number of anilines is 2. The maximum Gasteiger partial charge on any atom is 0.0992 e. The first-order valence-corrected chi connectivity index (χ1v) is 5.83. The highest BCUT2D eigenvalue weighted by Crippen LogP contribution is 2.28. The molecule has 1 unspecified atom stereocenters. The minimum absolute atomic E-state index is 0.570. The van der Waals surface area contributed by atoms with Crippen molar-refractivity contribution in [3.63, 3.8) is 0 Å². The molecule has 0 radical (unpaired) electrons. The van der Waals surface area contributed by atoms with E-state index in [4.69, 9.17) is 11.0 Å². The van der Waals surface area contributed by atoms with Gasteiger partial charge in [0.1, 0.15) is 0 Å². The van der Waals surface area contributed by atoms with Crippen LogP contribution >= 0.6 is 0 Å². The molecule has 1 heterocycles. The molecule has 90 valence electrons. The molecule has 2 rings (SSSR count). The maximum atomic E-state index is 8.92. The third-order valence-electron chi connectivity index (χ3n) is 3.39. The molecular formula is C13H18N4. The number of benzene rings is 1. The molecule has 0 aliphatic carbocycles. The summed E-state index contributed by atoms with van der Waals surface area (Å²) < 4.78 is 0. The van der Waals surface area contributed by atoms with Gasteiger partial charge in [-0.1, -0.05) is 0 Å². The zero-order valence-electron chi connectivity index (χ0n) is 10.3. The van der Waals surface area contributed by atoms with Crippen LogP contribution < -0.4 is 10.6 Å². The summed E-state index contributed by atoms with van der Waals surface area (Å²) in [5, 5.41) is 8.92. The van der Waals surface area contributed by atoms with Crippen LogP contribution in [-0.2, 0) is 0 Å². The molecule has 1 aromatic rings. The van der Waals surface area contributed by atoms with Crippen molar-refractivity contribution in [2.75, 3.05) is 37.8 Å². The second kappa shape index (κ2) is 4.64. The Balaban J connectivity index is 2.21. The highest BCUT2D eigenvalue weighted by Gasteiger charge is 2.25. The van der Waals surface area contributed by atoms with Crippen LogP contribution in [0.2, 0.25) is 0 Å². The van der Waals surface area contributed by atoms with Crippen LogP contribution in [0.5, 0.6) is 0 Å². The van der Waals surface area contributed by atoms with E-state index in [2.05, 4.69) is 30.0 Å². The number of likely N-dealkylation sites (N-methyl/N-ethyl adjacent to an activating group) is 1. The number of nitrogens with zero attached hydrogens (tertiary/aromatic N) is 3. The second-order valence-corrected chi connectivity index (χ2v) is 4.74. The molecule has 4 heteroatoms. The Morgan fingerprint density at radius 3 is 2.82 bits per heavy atom. The summed E-state index contributed by atoms with van der Waals surface area (Å²) in [6, 6.07) is 8.19. The van der Waals surface area contributed by atoms with Crippen LogP contribution in [-0.4, -0.2) is 38.1 Å². The van der Waals surface area contributed by atoms with E-state index >= 15 is 0 Å². The monoisotopic (exact) mass is 230 g/mol. The van der Waals surface area contributed by atoms with E-state index in [0.717, 1.165) is 30.9 Å². The third-order valence-corrected chi connectivity index (χ3v) is 3.39. The van der Waals surface area contributed by atoms with Crippen LogP contribution in [0.4, 0.5) is 11.4 Å². The summed E-state index contributed by atoms with van der Waals surface area (Å²) in [7, 11) is 4.20. The van der Waals surface area contributed by atoms with E-state index < -0.39 is 0 Å². The maximum absolute atomic E-state index is 8.92. The summed E-state index contributed by atoms with van der Waals surface area (Å²) in [5.41, 5.74) is 8.40. The number of nitrogen functional groups attached to an aromatic ring is 1.